The summed E-state index contributed by atoms with van der Waals surface area (Å²) in [6, 6.07) is -0.600. The summed E-state index contributed by atoms with van der Waals surface area (Å²) >= 11 is 0. The average molecular weight is 539 g/mol. The Bertz CT molecular complexity index is 538. The zero-order chi connectivity index (χ0) is 28.1. The van der Waals surface area contributed by atoms with Gasteiger partial charge in [-0.15, -0.1) is 0 Å². The predicted molar refractivity (Wildman–Crippen MR) is 165 cm³/mol. The molecule has 2 atom stereocenters. The van der Waals surface area contributed by atoms with E-state index in [0.29, 0.717) is 19.4 Å². The Hall–Kier alpha value is -1.30. The molecular formula is C32H66N4O2. The Morgan fingerprint density at radius 1 is 0.579 bits per heavy atom. The van der Waals surface area contributed by atoms with E-state index in [1.165, 1.54) is 122 Å². The van der Waals surface area contributed by atoms with Gasteiger partial charge in [-0.3, -0.25) is 9.79 Å². The second kappa shape index (κ2) is 28.7. The predicted octanol–water partition coefficient (Wildman–Crippen LogP) is 8.29. The first-order valence-corrected chi connectivity index (χ1v) is 16.5. The highest BCUT2D eigenvalue weighted by molar-refractivity contribution is 5.76. The van der Waals surface area contributed by atoms with Crippen molar-refractivity contribution in [2.75, 3.05) is 6.54 Å². The standard InChI is InChI=1S/C32H66N4O2/c1-3-5-7-9-11-13-15-17-19-21-23-26-29(25-22-20-18-16-14-12-10-8-6-4-2)38-31(37)30(33)27-24-28-36-32(34)35/h29-30H,3-28,33H2,1-2H3,(H4,34,35,36)/t29?,30-/m0/s1. The number of carbonyl (C=O) groups is 1. The molecule has 0 fully saturated rings. The van der Waals surface area contributed by atoms with E-state index in [9.17, 15) is 4.79 Å². The van der Waals surface area contributed by atoms with Gasteiger partial charge in [-0.25, -0.2) is 0 Å². The largest absolute Gasteiger partial charge is 0.461 e. The SMILES string of the molecule is CCCCCCCCCCCCCC(CCCCCCCCCCCC)OC(=O)[C@@H](N)CCCN=C(N)N. The topological polar surface area (TPSA) is 117 Å². The van der Waals surface area contributed by atoms with Gasteiger partial charge in [-0.2, -0.15) is 0 Å². The van der Waals surface area contributed by atoms with Crippen molar-refractivity contribution in [2.24, 2.45) is 22.2 Å². The summed E-state index contributed by atoms with van der Waals surface area (Å²) in [6.45, 7) is 5.03. The molecule has 6 heteroatoms. The average Bonchev–Trinajstić information content (AvgIpc) is 2.90. The number of hydrogen-bond acceptors (Lipinski definition) is 4. The second-order valence-electron chi connectivity index (χ2n) is 11.4. The van der Waals surface area contributed by atoms with Crippen molar-refractivity contribution in [1.82, 2.24) is 0 Å². The molecule has 6 N–H and O–H groups in total. The minimum Gasteiger partial charge on any atom is -0.461 e. The van der Waals surface area contributed by atoms with Crippen LogP contribution in [0.1, 0.15) is 174 Å². The summed E-state index contributed by atoms with van der Waals surface area (Å²) < 4.78 is 5.92. The first-order valence-electron chi connectivity index (χ1n) is 16.5. The van der Waals surface area contributed by atoms with E-state index >= 15 is 0 Å². The van der Waals surface area contributed by atoms with Gasteiger partial charge in [0.1, 0.15) is 12.1 Å². The van der Waals surface area contributed by atoms with Crippen LogP contribution < -0.4 is 17.2 Å². The lowest BCUT2D eigenvalue weighted by molar-refractivity contribution is -0.151. The van der Waals surface area contributed by atoms with Gasteiger partial charge >= 0.3 is 5.97 Å². The molecule has 0 spiro atoms. The van der Waals surface area contributed by atoms with Crippen molar-refractivity contribution >= 4 is 11.9 Å². The molecule has 6 nitrogen and oxygen atoms in total. The number of unbranched alkanes of at least 4 members (excludes halogenated alkanes) is 19. The van der Waals surface area contributed by atoms with Crippen molar-refractivity contribution in [3.8, 4) is 0 Å². The normalized spacial score (nSPS) is 12.8. The van der Waals surface area contributed by atoms with Crippen LogP contribution >= 0.6 is 0 Å². The highest BCUT2D eigenvalue weighted by Crippen LogP contribution is 2.19. The second-order valence-corrected chi connectivity index (χ2v) is 11.4. The molecule has 0 aliphatic rings. The lowest BCUT2D eigenvalue weighted by Crippen LogP contribution is -2.35. The number of nitrogens with two attached hydrogens (primary N) is 3. The van der Waals surface area contributed by atoms with E-state index in [-0.39, 0.29) is 18.0 Å². The van der Waals surface area contributed by atoms with Gasteiger partial charge in [-0.1, -0.05) is 136 Å². The number of esters is 1. The zero-order valence-corrected chi connectivity index (χ0v) is 25.5. The number of rotatable bonds is 29. The first kappa shape index (κ1) is 36.7. The van der Waals surface area contributed by atoms with Crippen LogP contribution in [0.25, 0.3) is 0 Å². The van der Waals surface area contributed by atoms with Crippen molar-refractivity contribution in [3.05, 3.63) is 0 Å². The summed E-state index contributed by atoms with van der Waals surface area (Å²) in [7, 11) is 0. The fourth-order valence-corrected chi connectivity index (χ4v) is 5.05. The van der Waals surface area contributed by atoms with Crippen LogP contribution in [-0.4, -0.2) is 30.6 Å². The molecule has 0 heterocycles. The molecule has 0 aromatic heterocycles. The van der Waals surface area contributed by atoms with Gasteiger partial charge in [0.15, 0.2) is 5.96 Å². The number of nitrogens with zero attached hydrogens (tertiary/aromatic N) is 1. The van der Waals surface area contributed by atoms with Crippen LogP contribution in [0.5, 0.6) is 0 Å². The molecule has 38 heavy (non-hydrogen) atoms. The molecule has 0 saturated carbocycles. The van der Waals surface area contributed by atoms with Crippen molar-refractivity contribution in [2.45, 2.75) is 187 Å². The number of aliphatic imine (C=N–C) groups is 1. The Balaban J connectivity index is 4.20. The maximum absolute atomic E-state index is 12.6. The molecule has 0 aromatic carbocycles. The van der Waals surface area contributed by atoms with Crippen LogP contribution in [0.2, 0.25) is 0 Å². The molecular weight excluding hydrogens is 472 g/mol. The fraction of sp³-hybridized carbons (Fsp3) is 0.938. The Kier molecular flexibility index (Phi) is 27.7. The molecule has 226 valence electrons. The molecule has 1 unspecified atom stereocenters. The summed E-state index contributed by atoms with van der Waals surface area (Å²) in [5.74, 6) is -0.195. The van der Waals surface area contributed by atoms with E-state index in [2.05, 4.69) is 18.8 Å². The van der Waals surface area contributed by atoms with Gasteiger partial charge in [0, 0.05) is 6.54 Å². The third-order valence-corrected chi connectivity index (χ3v) is 7.56. The maximum atomic E-state index is 12.6. The Labute approximate surface area is 236 Å². The number of guanidine groups is 1. The van der Waals surface area contributed by atoms with E-state index in [1.807, 2.05) is 0 Å². The lowest BCUT2D eigenvalue weighted by Gasteiger charge is -2.20. The zero-order valence-electron chi connectivity index (χ0n) is 25.5. The minimum atomic E-state index is -0.600. The van der Waals surface area contributed by atoms with Gasteiger partial charge in [0.05, 0.1) is 0 Å². The van der Waals surface area contributed by atoms with Crippen molar-refractivity contribution in [3.63, 3.8) is 0 Å². The van der Waals surface area contributed by atoms with Crippen LogP contribution in [-0.2, 0) is 9.53 Å². The van der Waals surface area contributed by atoms with Gasteiger partial charge in [0.2, 0.25) is 0 Å². The maximum Gasteiger partial charge on any atom is 0.323 e. The number of hydrogen-bond donors (Lipinski definition) is 3. The van der Waals surface area contributed by atoms with Crippen molar-refractivity contribution in [1.29, 1.82) is 0 Å². The third-order valence-electron chi connectivity index (χ3n) is 7.56. The molecule has 0 amide bonds. The van der Waals surface area contributed by atoms with Crippen LogP contribution in [0.15, 0.2) is 4.99 Å². The summed E-state index contributed by atoms with van der Waals surface area (Å²) in [6.07, 6.45) is 30.9. The van der Waals surface area contributed by atoms with E-state index < -0.39 is 6.04 Å². The summed E-state index contributed by atoms with van der Waals surface area (Å²) in [5, 5.41) is 0. The van der Waals surface area contributed by atoms with Crippen LogP contribution in [0.4, 0.5) is 0 Å². The lowest BCUT2D eigenvalue weighted by atomic mass is 10.0. The molecule has 0 aliphatic carbocycles. The molecule has 0 aromatic rings. The summed E-state index contributed by atoms with van der Waals surface area (Å²) in [5.41, 5.74) is 16.8. The van der Waals surface area contributed by atoms with Crippen LogP contribution in [0.3, 0.4) is 0 Å². The van der Waals surface area contributed by atoms with E-state index in [4.69, 9.17) is 21.9 Å². The van der Waals surface area contributed by atoms with Gasteiger partial charge < -0.3 is 21.9 Å². The Morgan fingerprint density at radius 3 is 1.32 bits per heavy atom. The van der Waals surface area contributed by atoms with Gasteiger partial charge in [-0.05, 0) is 38.5 Å². The smallest absolute Gasteiger partial charge is 0.323 e. The molecule has 0 bridgehead atoms. The summed E-state index contributed by atoms with van der Waals surface area (Å²) in [4.78, 5) is 16.6. The Morgan fingerprint density at radius 2 is 0.947 bits per heavy atom. The van der Waals surface area contributed by atoms with Crippen molar-refractivity contribution < 1.29 is 9.53 Å². The van der Waals surface area contributed by atoms with Gasteiger partial charge in [0.25, 0.3) is 0 Å². The minimum absolute atomic E-state index is 0.00105. The van der Waals surface area contributed by atoms with E-state index in [1.54, 1.807) is 0 Å². The third kappa shape index (κ3) is 26.3. The highest BCUT2D eigenvalue weighted by atomic mass is 16.5. The molecule has 0 radical (unpaired) electrons. The highest BCUT2D eigenvalue weighted by Gasteiger charge is 2.20. The quantitative estimate of drug-likeness (QED) is 0.0383. The number of carbonyl (C=O) groups excluding carboxylic acids is 1. The monoisotopic (exact) mass is 539 g/mol. The molecule has 0 rings (SSSR count). The number of ether oxygens (including phenoxy) is 1. The first-order chi connectivity index (χ1) is 18.5. The molecule has 0 aliphatic heterocycles. The fourth-order valence-electron chi connectivity index (χ4n) is 5.05. The molecule has 0 saturated heterocycles. The van der Waals surface area contributed by atoms with Crippen LogP contribution in [0, 0.1) is 0 Å². The van der Waals surface area contributed by atoms with E-state index in [0.717, 1.165) is 25.7 Å².